The van der Waals surface area contributed by atoms with Gasteiger partial charge in [0.1, 0.15) is 11.3 Å². The van der Waals surface area contributed by atoms with E-state index in [2.05, 4.69) is 20.4 Å². The molecule has 170 valence electrons. The lowest BCUT2D eigenvalue weighted by molar-refractivity contribution is -0.119. The van der Waals surface area contributed by atoms with Gasteiger partial charge in [0.2, 0.25) is 11.9 Å². The van der Waals surface area contributed by atoms with Crippen molar-refractivity contribution in [3.05, 3.63) is 66.4 Å². The van der Waals surface area contributed by atoms with Crippen molar-refractivity contribution in [1.29, 1.82) is 0 Å². The highest BCUT2D eigenvalue weighted by molar-refractivity contribution is 7.99. The van der Waals surface area contributed by atoms with Crippen molar-refractivity contribution in [1.82, 2.24) is 20.1 Å². The van der Waals surface area contributed by atoms with Gasteiger partial charge >= 0.3 is 0 Å². The highest BCUT2D eigenvalue weighted by atomic mass is 32.2. The third-order valence-electron chi connectivity index (χ3n) is 5.51. The standard InChI is InChI=1S/C24H25N5O3S/c1-17(21-15-18-7-5-6-10-20(18)32-21)25-22(30)16-33-24-27-26-23(28-11-13-31-14-12-28)29(24)19-8-3-2-4-9-19/h2-10,15,17H,11-14,16H2,1H3,(H,25,30)/t17-/m0/s1. The van der Waals surface area contributed by atoms with Gasteiger partial charge in [0.25, 0.3) is 0 Å². The van der Waals surface area contributed by atoms with Crippen LogP contribution in [0.25, 0.3) is 16.7 Å². The molecule has 1 N–H and O–H groups in total. The first kappa shape index (κ1) is 21.5. The molecule has 1 atom stereocenters. The number of carbonyl (C=O) groups excluding carboxylic acids is 1. The molecule has 0 saturated carbocycles. The summed E-state index contributed by atoms with van der Waals surface area (Å²) in [4.78, 5) is 14.9. The van der Waals surface area contributed by atoms with E-state index in [1.165, 1.54) is 11.8 Å². The molecule has 2 aromatic carbocycles. The molecule has 1 aliphatic heterocycles. The number of carbonyl (C=O) groups is 1. The van der Waals surface area contributed by atoms with E-state index in [1.54, 1.807) is 0 Å². The monoisotopic (exact) mass is 463 g/mol. The second kappa shape index (κ2) is 9.68. The molecule has 8 nitrogen and oxygen atoms in total. The minimum Gasteiger partial charge on any atom is -0.459 e. The quantitative estimate of drug-likeness (QED) is 0.417. The molecule has 0 unspecified atom stereocenters. The number of benzene rings is 2. The van der Waals surface area contributed by atoms with Gasteiger partial charge in [-0.05, 0) is 31.2 Å². The van der Waals surface area contributed by atoms with Crippen molar-refractivity contribution in [2.75, 3.05) is 37.0 Å². The number of morpholine rings is 1. The van der Waals surface area contributed by atoms with Gasteiger partial charge < -0.3 is 19.4 Å². The number of nitrogens with one attached hydrogen (secondary N) is 1. The highest BCUT2D eigenvalue weighted by Gasteiger charge is 2.22. The second-order valence-electron chi connectivity index (χ2n) is 7.82. The molecule has 0 aliphatic carbocycles. The molecule has 33 heavy (non-hydrogen) atoms. The number of fused-ring (bicyclic) bond motifs is 1. The zero-order valence-corrected chi connectivity index (χ0v) is 19.1. The van der Waals surface area contributed by atoms with Crippen molar-refractivity contribution < 1.29 is 13.9 Å². The van der Waals surface area contributed by atoms with Crippen molar-refractivity contribution in [3.8, 4) is 5.69 Å². The first-order valence-electron chi connectivity index (χ1n) is 10.9. The number of hydrogen-bond acceptors (Lipinski definition) is 7. The van der Waals surface area contributed by atoms with Crippen molar-refractivity contribution >= 4 is 34.6 Å². The van der Waals surface area contributed by atoms with Crippen LogP contribution in [-0.2, 0) is 9.53 Å². The van der Waals surface area contributed by atoms with Gasteiger partial charge in [0.15, 0.2) is 5.16 Å². The molecule has 1 aliphatic rings. The Bertz CT molecular complexity index is 1200. The lowest BCUT2D eigenvalue weighted by Crippen LogP contribution is -2.37. The highest BCUT2D eigenvalue weighted by Crippen LogP contribution is 2.28. The Morgan fingerprint density at radius 2 is 1.85 bits per heavy atom. The predicted octanol–water partition coefficient (Wildman–Crippen LogP) is 3.82. The summed E-state index contributed by atoms with van der Waals surface area (Å²) in [6.07, 6.45) is 0. The number of furan rings is 1. The largest absolute Gasteiger partial charge is 0.459 e. The Morgan fingerprint density at radius 3 is 2.64 bits per heavy atom. The van der Waals surface area contributed by atoms with E-state index in [1.807, 2.05) is 72.2 Å². The van der Waals surface area contributed by atoms with Crippen LogP contribution in [0.3, 0.4) is 0 Å². The van der Waals surface area contributed by atoms with Gasteiger partial charge in [-0.2, -0.15) is 0 Å². The zero-order chi connectivity index (χ0) is 22.6. The summed E-state index contributed by atoms with van der Waals surface area (Å²) >= 11 is 1.37. The molecule has 3 heterocycles. The van der Waals surface area contributed by atoms with Crippen LogP contribution in [0, 0.1) is 0 Å². The summed E-state index contributed by atoms with van der Waals surface area (Å²) in [6.45, 7) is 4.75. The predicted molar refractivity (Wildman–Crippen MR) is 128 cm³/mol. The fourth-order valence-corrected chi connectivity index (χ4v) is 4.59. The number of aromatic nitrogens is 3. The maximum atomic E-state index is 12.7. The molecule has 2 aromatic heterocycles. The molecular formula is C24H25N5O3S. The van der Waals surface area contributed by atoms with E-state index < -0.39 is 0 Å². The summed E-state index contributed by atoms with van der Waals surface area (Å²) < 4.78 is 13.4. The first-order valence-corrected chi connectivity index (χ1v) is 11.9. The Morgan fingerprint density at radius 1 is 1.09 bits per heavy atom. The Hall–Kier alpha value is -3.30. The van der Waals surface area contributed by atoms with Gasteiger partial charge in [-0.1, -0.05) is 48.2 Å². The molecule has 1 amide bonds. The molecule has 9 heteroatoms. The fraction of sp³-hybridized carbons (Fsp3) is 0.292. The summed E-state index contributed by atoms with van der Waals surface area (Å²) in [5.74, 6) is 1.63. The number of nitrogens with zero attached hydrogens (tertiary/aromatic N) is 4. The SMILES string of the molecule is C[C@H](NC(=O)CSc1nnc(N2CCOCC2)n1-c1ccccc1)c1cc2ccccc2o1. The summed E-state index contributed by atoms with van der Waals surface area (Å²) in [5, 5.41) is 13.6. The summed E-state index contributed by atoms with van der Waals surface area (Å²) in [7, 11) is 0. The van der Waals surface area contributed by atoms with Gasteiger partial charge in [-0.25, -0.2) is 0 Å². The molecular weight excluding hydrogens is 438 g/mol. The van der Waals surface area contributed by atoms with E-state index in [0.717, 1.165) is 41.5 Å². The number of ether oxygens (including phenoxy) is 1. The number of amides is 1. The van der Waals surface area contributed by atoms with E-state index in [-0.39, 0.29) is 17.7 Å². The average Bonchev–Trinajstić information content (AvgIpc) is 3.48. The molecule has 0 radical (unpaired) electrons. The van der Waals surface area contributed by atoms with Gasteiger partial charge in [-0.3, -0.25) is 9.36 Å². The van der Waals surface area contributed by atoms with Gasteiger partial charge in [0, 0.05) is 18.5 Å². The molecule has 0 bridgehead atoms. The van der Waals surface area contributed by atoms with Crippen LogP contribution in [0.2, 0.25) is 0 Å². The van der Waals surface area contributed by atoms with E-state index in [9.17, 15) is 4.79 Å². The third-order valence-corrected chi connectivity index (χ3v) is 6.43. The first-order chi connectivity index (χ1) is 16.2. The van der Waals surface area contributed by atoms with E-state index >= 15 is 0 Å². The van der Waals surface area contributed by atoms with Crippen molar-refractivity contribution in [2.24, 2.45) is 0 Å². The lowest BCUT2D eigenvalue weighted by atomic mass is 10.2. The smallest absolute Gasteiger partial charge is 0.232 e. The van der Waals surface area contributed by atoms with E-state index in [4.69, 9.17) is 9.15 Å². The fourth-order valence-electron chi connectivity index (χ4n) is 3.83. The number of thioether (sulfide) groups is 1. The minimum absolute atomic E-state index is 0.0940. The average molecular weight is 464 g/mol. The number of anilines is 1. The topological polar surface area (TPSA) is 85.4 Å². The van der Waals surface area contributed by atoms with Crippen LogP contribution in [0.15, 0.2) is 70.2 Å². The summed E-state index contributed by atoms with van der Waals surface area (Å²) in [6, 6.07) is 19.5. The Balaban J connectivity index is 1.29. The zero-order valence-electron chi connectivity index (χ0n) is 18.3. The normalized spacial score (nSPS) is 15.0. The minimum atomic E-state index is -0.235. The van der Waals surface area contributed by atoms with E-state index in [0.29, 0.717) is 18.4 Å². The Kier molecular flexibility index (Phi) is 6.32. The second-order valence-corrected chi connectivity index (χ2v) is 8.76. The van der Waals surface area contributed by atoms with Gasteiger partial charge in [0.05, 0.1) is 30.7 Å². The van der Waals surface area contributed by atoms with Crippen LogP contribution < -0.4 is 10.2 Å². The summed E-state index contributed by atoms with van der Waals surface area (Å²) in [5.41, 5.74) is 1.78. The van der Waals surface area contributed by atoms with Crippen LogP contribution >= 0.6 is 11.8 Å². The Labute approximate surface area is 195 Å². The molecule has 1 saturated heterocycles. The number of hydrogen-bond donors (Lipinski definition) is 1. The van der Waals surface area contributed by atoms with Gasteiger partial charge in [-0.15, -0.1) is 10.2 Å². The molecule has 5 rings (SSSR count). The molecule has 1 fully saturated rings. The number of para-hydroxylation sites is 2. The maximum Gasteiger partial charge on any atom is 0.232 e. The molecule has 0 spiro atoms. The van der Waals surface area contributed by atoms with Crippen LogP contribution in [0.5, 0.6) is 0 Å². The van der Waals surface area contributed by atoms with Crippen LogP contribution in [0.4, 0.5) is 5.95 Å². The number of rotatable bonds is 7. The van der Waals surface area contributed by atoms with Crippen molar-refractivity contribution in [3.63, 3.8) is 0 Å². The van der Waals surface area contributed by atoms with Crippen LogP contribution in [0.1, 0.15) is 18.7 Å². The van der Waals surface area contributed by atoms with Crippen molar-refractivity contribution in [2.45, 2.75) is 18.1 Å². The lowest BCUT2D eigenvalue weighted by Gasteiger charge is -2.27. The maximum absolute atomic E-state index is 12.7. The van der Waals surface area contributed by atoms with Crippen LogP contribution in [-0.4, -0.2) is 52.7 Å². The third kappa shape index (κ3) is 4.74. The molecule has 4 aromatic rings.